The molecule has 3 nitrogen and oxygen atoms in total. The number of benzene rings is 3. The van der Waals surface area contributed by atoms with E-state index >= 15 is 0 Å². The molecule has 0 aliphatic carbocycles. The van der Waals surface area contributed by atoms with Gasteiger partial charge in [-0.15, -0.1) is 0 Å². The summed E-state index contributed by atoms with van der Waals surface area (Å²) < 4.78 is 33.3. The molecule has 30 heavy (non-hydrogen) atoms. The fraction of sp³-hybridized carbons (Fsp3) is 0.240. The van der Waals surface area contributed by atoms with Crippen LogP contribution in [-0.2, 0) is 22.5 Å². The lowest BCUT2D eigenvalue weighted by Crippen LogP contribution is -2.17. The number of hydrogen-bond acceptors (Lipinski definition) is 3. The number of hydrogen-bond donors (Lipinski definition) is 1. The first-order valence-corrected chi connectivity index (χ1v) is 9.84. The number of halogens is 2. The van der Waals surface area contributed by atoms with Crippen molar-refractivity contribution in [2.75, 3.05) is 12.4 Å². The summed E-state index contributed by atoms with van der Waals surface area (Å²) in [6.45, 7) is 6.12. The molecule has 5 heteroatoms. The maximum atomic E-state index is 14.5. The number of rotatable bonds is 3. The molecule has 3 aromatic rings. The maximum absolute atomic E-state index is 14.5. The summed E-state index contributed by atoms with van der Waals surface area (Å²) in [5.74, 6) is -2.00. The molecule has 0 saturated heterocycles. The van der Waals surface area contributed by atoms with Gasteiger partial charge in [0.25, 0.3) is 0 Å². The van der Waals surface area contributed by atoms with Crippen molar-refractivity contribution in [1.29, 1.82) is 0 Å². The van der Waals surface area contributed by atoms with Gasteiger partial charge in [0, 0.05) is 23.4 Å². The quantitative estimate of drug-likeness (QED) is 0.552. The minimum absolute atomic E-state index is 0.131. The number of carbonyl (C=O) groups excluding carboxylic acids is 1. The van der Waals surface area contributed by atoms with Crippen LogP contribution >= 0.6 is 0 Å². The maximum Gasteiger partial charge on any atom is 0.310 e. The summed E-state index contributed by atoms with van der Waals surface area (Å²) in [6.07, 6.45) is 0.131. The Kier molecular flexibility index (Phi) is 5.06. The molecule has 0 spiro atoms. The molecule has 1 heterocycles. The number of nitrogens with one attached hydrogen (secondary N) is 1. The summed E-state index contributed by atoms with van der Waals surface area (Å²) in [5, 5.41) is 3.26. The minimum Gasteiger partial charge on any atom is -0.469 e. The van der Waals surface area contributed by atoms with E-state index in [-0.39, 0.29) is 18.9 Å². The second-order valence-corrected chi connectivity index (χ2v) is 7.71. The molecule has 154 valence electrons. The van der Waals surface area contributed by atoms with Crippen molar-refractivity contribution in [3.8, 4) is 22.3 Å². The van der Waals surface area contributed by atoms with Crippen molar-refractivity contribution in [2.45, 2.75) is 33.7 Å². The third-order valence-corrected chi connectivity index (χ3v) is 5.93. The monoisotopic (exact) mass is 407 g/mol. The molecule has 1 aliphatic rings. The molecule has 0 amide bonds. The van der Waals surface area contributed by atoms with Gasteiger partial charge in [-0.05, 0) is 60.2 Å². The van der Waals surface area contributed by atoms with Crippen LogP contribution in [0.15, 0.2) is 36.4 Å². The van der Waals surface area contributed by atoms with Gasteiger partial charge in [-0.3, -0.25) is 4.79 Å². The zero-order chi connectivity index (χ0) is 21.6. The van der Waals surface area contributed by atoms with Gasteiger partial charge in [-0.1, -0.05) is 35.9 Å². The van der Waals surface area contributed by atoms with Crippen LogP contribution in [0.5, 0.6) is 0 Å². The van der Waals surface area contributed by atoms with E-state index in [1.807, 2.05) is 45.0 Å². The SMILES string of the molecule is COC(=O)Cc1c(C)c2c(c(C)c1-c1ccc(C)cc1)-c1ccc(F)c(F)c1CN2. The lowest BCUT2D eigenvalue weighted by molar-refractivity contribution is -0.139. The van der Waals surface area contributed by atoms with Crippen LogP contribution < -0.4 is 5.32 Å². The van der Waals surface area contributed by atoms with Gasteiger partial charge in [0.2, 0.25) is 0 Å². The standard InChI is InChI=1S/C25H23F2NO2/c1-13-5-7-16(8-6-13)22-15(3)23-17-9-10-20(26)24(27)19(17)12-28-25(23)14(2)18(22)11-21(29)30-4/h5-10,28H,11-12H2,1-4H3. The number of carbonyl (C=O) groups is 1. The molecule has 1 aliphatic heterocycles. The van der Waals surface area contributed by atoms with Crippen LogP contribution in [0.25, 0.3) is 22.3 Å². The zero-order valence-electron chi connectivity index (χ0n) is 17.5. The molecule has 0 saturated carbocycles. The predicted octanol–water partition coefficient (Wildman–Crippen LogP) is 5.87. The number of fused-ring (bicyclic) bond motifs is 3. The second kappa shape index (κ2) is 7.56. The highest BCUT2D eigenvalue weighted by molar-refractivity contribution is 5.95. The molecular formula is C25H23F2NO2. The Morgan fingerprint density at radius 2 is 1.70 bits per heavy atom. The van der Waals surface area contributed by atoms with E-state index in [9.17, 15) is 13.6 Å². The van der Waals surface area contributed by atoms with Gasteiger partial charge in [0.05, 0.1) is 13.5 Å². The van der Waals surface area contributed by atoms with Crippen molar-refractivity contribution in [2.24, 2.45) is 0 Å². The van der Waals surface area contributed by atoms with Gasteiger partial charge in [-0.2, -0.15) is 0 Å². The molecule has 0 aromatic heterocycles. The fourth-order valence-electron chi connectivity index (χ4n) is 4.35. The zero-order valence-corrected chi connectivity index (χ0v) is 17.5. The minimum atomic E-state index is -0.852. The molecule has 4 rings (SSSR count). The molecule has 0 atom stereocenters. The summed E-state index contributed by atoms with van der Waals surface area (Å²) in [4.78, 5) is 12.2. The van der Waals surface area contributed by atoms with E-state index in [0.717, 1.165) is 44.6 Å². The molecule has 0 unspecified atom stereocenters. The van der Waals surface area contributed by atoms with E-state index in [0.29, 0.717) is 11.1 Å². The third kappa shape index (κ3) is 3.15. The fourth-order valence-corrected chi connectivity index (χ4v) is 4.35. The predicted molar refractivity (Wildman–Crippen MR) is 114 cm³/mol. The molecule has 0 radical (unpaired) electrons. The number of methoxy groups -OCH3 is 1. The number of esters is 1. The Morgan fingerprint density at radius 3 is 2.37 bits per heavy atom. The highest BCUT2D eigenvalue weighted by Gasteiger charge is 2.28. The Balaban J connectivity index is 2.06. The first-order chi connectivity index (χ1) is 14.3. The average molecular weight is 407 g/mol. The number of aryl methyl sites for hydroxylation is 1. The van der Waals surface area contributed by atoms with Crippen LogP contribution in [0.2, 0.25) is 0 Å². The van der Waals surface area contributed by atoms with Crippen molar-refractivity contribution in [3.63, 3.8) is 0 Å². The Morgan fingerprint density at radius 1 is 1.00 bits per heavy atom. The Bertz CT molecular complexity index is 1170. The highest BCUT2D eigenvalue weighted by atomic mass is 19.2. The highest BCUT2D eigenvalue weighted by Crippen LogP contribution is 2.47. The number of ether oxygens (including phenoxy) is 1. The number of anilines is 1. The second-order valence-electron chi connectivity index (χ2n) is 7.71. The normalized spacial score (nSPS) is 12.1. The van der Waals surface area contributed by atoms with Crippen molar-refractivity contribution in [3.05, 3.63) is 75.8 Å². The van der Waals surface area contributed by atoms with Crippen LogP contribution in [-0.4, -0.2) is 13.1 Å². The van der Waals surface area contributed by atoms with Gasteiger partial charge < -0.3 is 10.1 Å². The van der Waals surface area contributed by atoms with Gasteiger partial charge in [-0.25, -0.2) is 8.78 Å². The first-order valence-electron chi connectivity index (χ1n) is 9.84. The summed E-state index contributed by atoms with van der Waals surface area (Å²) in [6, 6.07) is 10.9. The third-order valence-electron chi connectivity index (χ3n) is 5.93. The van der Waals surface area contributed by atoms with Crippen molar-refractivity contribution >= 4 is 11.7 Å². The average Bonchev–Trinajstić information content (AvgIpc) is 2.74. The van der Waals surface area contributed by atoms with E-state index in [2.05, 4.69) is 5.32 Å². The topological polar surface area (TPSA) is 38.3 Å². The Labute approximate surface area is 174 Å². The molecule has 1 N–H and O–H groups in total. The lowest BCUT2D eigenvalue weighted by atomic mass is 9.81. The van der Waals surface area contributed by atoms with E-state index in [1.165, 1.54) is 13.2 Å². The van der Waals surface area contributed by atoms with E-state index in [4.69, 9.17) is 4.74 Å². The molecule has 0 bridgehead atoms. The Hall–Kier alpha value is -3.21. The summed E-state index contributed by atoms with van der Waals surface area (Å²) in [5.41, 5.74) is 8.42. The van der Waals surface area contributed by atoms with E-state index < -0.39 is 11.6 Å². The molecular weight excluding hydrogens is 384 g/mol. The van der Waals surface area contributed by atoms with Crippen molar-refractivity contribution < 1.29 is 18.3 Å². The van der Waals surface area contributed by atoms with Gasteiger partial charge in [0.15, 0.2) is 11.6 Å². The van der Waals surface area contributed by atoms with Crippen LogP contribution in [0.3, 0.4) is 0 Å². The molecule has 0 fully saturated rings. The van der Waals surface area contributed by atoms with Gasteiger partial charge >= 0.3 is 5.97 Å². The molecule has 3 aromatic carbocycles. The smallest absolute Gasteiger partial charge is 0.310 e. The van der Waals surface area contributed by atoms with Gasteiger partial charge in [0.1, 0.15) is 0 Å². The summed E-state index contributed by atoms with van der Waals surface area (Å²) >= 11 is 0. The lowest BCUT2D eigenvalue weighted by Gasteiger charge is -2.29. The van der Waals surface area contributed by atoms with Crippen LogP contribution in [0.4, 0.5) is 14.5 Å². The van der Waals surface area contributed by atoms with E-state index in [1.54, 1.807) is 6.07 Å². The van der Waals surface area contributed by atoms with Crippen molar-refractivity contribution in [1.82, 2.24) is 0 Å². The largest absolute Gasteiger partial charge is 0.469 e. The summed E-state index contributed by atoms with van der Waals surface area (Å²) in [7, 11) is 1.38. The first kappa shape index (κ1) is 20.1. The van der Waals surface area contributed by atoms with Crippen LogP contribution in [0, 0.1) is 32.4 Å². The van der Waals surface area contributed by atoms with Crippen LogP contribution in [0.1, 0.15) is 27.8 Å².